The first kappa shape index (κ1) is 17.4. The molecular weight excluding hydrogens is 306 g/mol. The Kier molecular flexibility index (Phi) is 6.53. The van der Waals surface area contributed by atoms with Crippen LogP contribution in [0.5, 0.6) is 5.75 Å². The highest BCUT2D eigenvalue weighted by Crippen LogP contribution is 2.22. The number of hydrogen-bond acceptors (Lipinski definition) is 3. The highest BCUT2D eigenvalue weighted by atomic mass is 32.2. The molecule has 0 fully saturated rings. The van der Waals surface area contributed by atoms with Gasteiger partial charge in [-0.15, -0.1) is 11.8 Å². The second-order valence-corrected chi connectivity index (χ2v) is 6.90. The van der Waals surface area contributed by atoms with Crippen LogP contribution in [-0.2, 0) is 4.79 Å². The minimum absolute atomic E-state index is 0.0306. The van der Waals surface area contributed by atoms with Crippen molar-refractivity contribution in [2.24, 2.45) is 0 Å². The Morgan fingerprint density at radius 3 is 2.61 bits per heavy atom. The summed E-state index contributed by atoms with van der Waals surface area (Å²) in [5.74, 6) is 0.902. The van der Waals surface area contributed by atoms with Crippen molar-refractivity contribution in [1.82, 2.24) is 5.32 Å². The van der Waals surface area contributed by atoms with Crippen molar-refractivity contribution >= 4 is 17.7 Å². The van der Waals surface area contributed by atoms with Gasteiger partial charge in [-0.25, -0.2) is 0 Å². The Morgan fingerprint density at radius 2 is 1.91 bits per heavy atom. The van der Waals surface area contributed by atoms with E-state index in [1.165, 1.54) is 5.56 Å². The van der Waals surface area contributed by atoms with Crippen LogP contribution >= 0.6 is 11.8 Å². The van der Waals surface area contributed by atoms with Crippen LogP contribution in [0, 0.1) is 13.8 Å². The van der Waals surface area contributed by atoms with E-state index in [4.69, 9.17) is 4.74 Å². The van der Waals surface area contributed by atoms with Gasteiger partial charge in [0.25, 0.3) is 0 Å². The number of benzene rings is 2. The van der Waals surface area contributed by atoms with Crippen LogP contribution < -0.4 is 10.1 Å². The number of amides is 1. The van der Waals surface area contributed by atoms with Crippen LogP contribution in [-0.4, -0.2) is 24.3 Å². The molecule has 0 spiro atoms. The quantitative estimate of drug-likeness (QED) is 0.617. The largest absolute Gasteiger partial charge is 0.491 e. The third-order valence-electron chi connectivity index (χ3n) is 3.41. The molecule has 0 aromatic heterocycles. The molecule has 0 aliphatic carbocycles. The monoisotopic (exact) mass is 329 g/mol. The summed E-state index contributed by atoms with van der Waals surface area (Å²) in [6.45, 7) is 6.98. The lowest BCUT2D eigenvalue weighted by atomic mass is 10.1. The van der Waals surface area contributed by atoms with Crippen molar-refractivity contribution in [3.8, 4) is 5.75 Å². The molecule has 0 saturated carbocycles. The zero-order valence-electron chi connectivity index (χ0n) is 13.8. The molecule has 0 heterocycles. The summed E-state index contributed by atoms with van der Waals surface area (Å²) >= 11 is 1.56. The first-order valence-corrected chi connectivity index (χ1v) is 8.63. The fourth-order valence-corrected chi connectivity index (χ4v) is 3.11. The van der Waals surface area contributed by atoms with Gasteiger partial charge in [-0.3, -0.25) is 4.79 Å². The van der Waals surface area contributed by atoms with Gasteiger partial charge in [0, 0.05) is 4.90 Å². The Bertz CT molecular complexity index is 643. The topological polar surface area (TPSA) is 38.3 Å². The summed E-state index contributed by atoms with van der Waals surface area (Å²) in [4.78, 5) is 13.2. The smallest absolute Gasteiger partial charge is 0.233 e. The highest BCUT2D eigenvalue weighted by molar-refractivity contribution is 8.00. The summed E-state index contributed by atoms with van der Waals surface area (Å²) in [7, 11) is 0. The van der Waals surface area contributed by atoms with Crippen LogP contribution in [0.25, 0.3) is 0 Å². The minimum atomic E-state index is -0.126. The summed E-state index contributed by atoms with van der Waals surface area (Å²) in [5, 5.41) is 2.79. The second-order valence-electron chi connectivity index (χ2n) is 5.48. The average molecular weight is 329 g/mol. The maximum Gasteiger partial charge on any atom is 0.233 e. The number of aryl methyl sites for hydroxylation is 2. The summed E-state index contributed by atoms with van der Waals surface area (Å²) in [6.07, 6.45) is 0. The minimum Gasteiger partial charge on any atom is -0.491 e. The molecule has 1 N–H and O–H groups in total. The van der Waals surface area contributed by atoms with Crippen molar-refractivity contribution in [2.45, 2.75) is 30.9 Å². The first-order valence-electron chi connectivity index (χ1n) is 7.76. The fraction of sp³-hybridized carbons (Fsp3) is 0.316. The lowest BCUT2D eigenvalue weighted by molar-refractivity contribution is -0.120. The molecule has 0 aliphatic heterocycles. The van der Waals surface area contributed by atoms with Crippen molar-refractivity contribution in [2.75, 3.05) is 13.2 Å². The van der Waals surface area contributed by atoms with Crippen LogP contribution in [0.3, 0.4) is 0 Å². The molecule has 2 aromatic rings. The van der Waals surface area contributed by atoms with Crippen LogP contribution in [0.2, 0.25) is 0 Å². The van der Waals surface area contributed by atoms with Crippen molar-refractivity contribution in [3.63, 3.8) is 0 Å². The number of nitrogens with one attached hydrogen (secondary N) is 1. The predicted octanol–water partition coefficient (Wildman–Crippen LogP) is 3.98. The average Bonchev–Trinajstić information content (AvgIpc) is 2.54. The second kappa shape index (κ2) is 8.63. The number of carbonyl (C=O) groups excluding carboxylic acids is 1. The van der Waals surface area contributed by atoms with Crippen molar-refractivity contribution in [1.29, 1.82) is 0 Å². The number of carbonyl (C=O) groups is 1. The van der Waals surface area contributed by atoms with Gasteiger partial charge in [-0.05, 0) is 44.5 Å². The Balaban J connectivity index is 1.72. The molecule has 0 saturated heterocycles. The molecule has 0 radical (unpaired) electrons. The lowest BCUT2D eigenvalue weighted by Gasteiger charge is -2.13. The van der Waals surface area contributed by atoms with Crippen LogP contribution in [0.1, 0.15) is 18.1 Å². The van der Waals surface area contributed by atoms with E-state index in [2.05, 4.69) is 18.3 Å². The van der Waals surface area contributed by atoms with Gasteiger partial charge in [0.15, 0.2) is 0 Å². The molecule has 122 valence electrons. The van der Waals surface area contributed by atoms with Crippen molar-refractivity contribution in [3.05, 3.63) is 59.7 Å². The highest BCUT2D eigenvalue weighted by Gasteiger charge is 2.13. The molecule has 2 rings (SSSR count). The van der Waals surface area contributed by atoms with Crippen molar-refractivity contribution < 1.29 is 9.53 Å². The zero-order valence-corrected chi connectivity index (χ0v) is 14.7. The zero-order chi connectivity index (χ0) is 16.7. The summed E-state index contributed by atoms with van der Waals surface area (Å²) in [5.41, 5.74) is 2.33. The van der Waals surface area contributed by atoms with Gasteiger partial charge < -0.3 is 10.1 Å². The standard InChI is InChI=1S/C19H23NO2S/c1-14-9-10-18(15(2)13-14)22-12-11-20-19(21)16(3)23-17-7-5-4-6-8-17/h4-10,13,16H,11-12H2,1-3H3,(H,20,21). The van der Waals surface area contributed by atoms with Gasteiger partial charge in [0.1, 0.15) is 12.4 Å². The van der Waals surface area contributed by atoms with E-state index < -0.39 is 0 Å². The maximum atomic E-state index is 12.1. The Labute approximate surface area is 142 Å². The first-order chi connectivity index (χ1) is 11.1. The molecule has 1 atom stereocenters. The SMILES string of the molecule is Cc1ccc(OCCNC(=O)C(C)Sc2ccccc2)c(C)c1. The van der Waals surface area contributed by atoms with E-state index in [0.29, 0.717) is 13.2 Å². The summed E-state index contributed by atoms with van der Waals surface area (Å²) in [6, 6.07) is 16.0. The predicted molar refractivity (Wildman–Crippen MR) is 96.2 cm³/mol. The number of thioether (sulfide) groups is 1. The fourth-order valence-electron chi connectivity index (χ4n) is 2.20. The van der Waals surface area contributed by atoms with Gasteiger partial charge in [0.05, 0.1) is 11.8 Å². The van der Waals surface area contributed by atoms with E-state index in [1.54, 1.807) is 11.8 Å². The van der Waals surface area contributed by atoms with E-state index in [0.717, 1.165) is 16.2 Å². The molecular formula is C19H23NO2S. The van der Waals surface area contributed by atoms with Gasteiger partial charge >= 0.3 is 0 Å². The normalized spacial score (nSPS) is 11.8. The van der Waals surface area contributed by atoms with E-state index in [1.807, 2.05) is 56.3 Å². The number of rotatable bonds is 7. The van der Waals surface area contributed by atoms with E-state index >= 15 is 0 Å². The van der Waals surface area contributed by atoms with Crippen LogP contribution in [0.15, 0.2) is 53.4 Å². The molecule has 0 aliphatic rings. The Hall–Kier alpha value is -1.94. The van der Waals surface area contributed by atoms with E-state index in [9.17, 15) is 4.79 Å². The summed E-state index contributed by atoms with van der Waals surface area (Å²) < 4.78 is 5.72. The van der Waals surface area contributed by atoms with E-state index in [-0.39, 0.29) is 11.2 Å². The molecule has 4 heteroatoms. The number of hydrogen-bond donors (Lipinski definition) is 1. The maximum absolute atomic E-state index is 12.1. The number of ether oxygens (including phenoxy) is 1. The van der Waals surface area contributed by atoms with Gasteiger partial charge in [-0.1, -0.05) is 35.9 Å². The van der Waals surface area contributed by atoms with Crippen LogP contribution in [0.4, 0.5) is 0 Å². The molecule has 2 aromatic carbocycles. The third kappa shape index (κ3) is 5.64. The molecule has 1 amide bonds. The Morgan fingerprint density at radius 1 is 1.17 bits per heavy atom. The molecule has 23 heavy (non-hydrogen) atoms. The molecule has 3 nitrogen and oxygen atoms in total. The van der Waals surface area contributed by atoms with Gasteiger partial charge in [0.2, 0.25) is 5.91 Å². The molecule has 1 unspecified atom stereocenters. The molecule has 0 bridgehead atoms. The van der Waals surface area contributed by atoms with Gasteiger partial charge in [-0.2, -0.15) is 0 Å². The third-order valence-corrected chi connectivity index (χ3v) is 4.53. The lowest BCUT2D eigenvalue weighted by Crippen LogP contribution is -2.34.